The fourth-order valence-corrected chi connectivity index (χ4v) is 1.00. The zero-order valence-electron chi connectivity index (χ0n) is 8.96. The number of alkyl halides is 6. The van der Waals surface area contributed by atoms with Crippen LogP contribution in [-0.4, -0.2) is 25.1 Å². The lowest BCUT2D eigenvalue weighted by atomic mass is 10.2. The normalized spacial score (nSPS) is 14.0. The lowest BCUT2D eigenvalue weighted by Crippen LogP contribution is -2.41. The van der Waals surface area contributed by atoms with E-state index in [0.29, 0.717) is 6.29 Å². The van der Waals surface area contributed by atoms with Gasteiger partial charge in [0.25, 0.3) is 0 Å². The van der Waals surface area contributed by atoms with Gasteiger partial charge in [0.1, 0.15) is 12.0 Å². The van der Waals surface area contributed by atoms with Gasteiger partial charge in [-0.05, 0) is 24.3 Å². The predicted molar refractivity (Wildman–Crippen MR) is 49.4 cm³/mol. The molecule has 1 aromatic carbocycles. The highest BCUT2D eigenvalue weighted by atomic mass is 19.4. The van der Waals surface area contributed by atoms with Crippen LogP contribution in [0.25, 0.3) is 0 Å². The van der Waals surface area contributed by atoms with E-state index in [1.165, 1.54) is 0 Å². The van der Waals surface area contributed by atoms with Crippen molar-refractivity contribution in [2.24, 2.45) is 0 Å². The van der Waals surface area contributed by atoms with Gasteiger partial charge < -0.3 is 4.74 Å². The van der Waals surface area contributed by atoms with E-state index in [2.05, 4.69) is 9.47 Å². The van der Waals surface area contributed by atoms with E-state index in [-0.39, 0.29) is 5.56 Å². The second-order valence-electron chi connectivity index (χ2n) is 3.23. The molecule has 0 unspecified atom stereocenters. The van der Waals surface area contributed by atoms with Crippen LogP contribution in [0, 0.1) is 0 Å². The summed E-state index contributed by atoms with van der Waals surface area (Å²) in [6.45, 7) is 0. The Balaban J connectivity index is 2.74. The topological polar surface area (TPSA) is 35.5 Å². The molecule has 0 bridgehead atoms. The molecule has 0 aromatic heterocycles. The molecule has 0 amide bonds. The highest BCUT2D eigenvalue weighted by molar-refractivity contribution is 5.74. The van der Waals surface area contributed by atoms with Gasteiger partial charge >= 0.3 is 18.8 Å². The molecule has 0 fully saturated rings. The number of carbonyl (C=O) groups excluding carboxylic acids is 1. The minimum atomic E-state index is -5.56. The van der Waals surface area contributed by atoms with E-state index in [1.54, 1.807) is 0 Å². The second-order valence-corrected chi connectivity index (χ2v) is 3.23. The van der Waals surface area contributed by atoms with Crippen LogP contribution >= 0.6 is 0 Å². The van der Waals surface area contributed by atoms with Crippen molar-refractivity contribution in [3.05, 3.63) is 29.8 Å². The molecule has 0 spiro atoms. The van der Waals surface area contributed by atoms with Gasteiger partial charge in [-0.2, -0.15) is 8.78 Å². The van der Waals surface area contributed by atoms with E-state index in [4.69, 9.17) is 0 Å². The Labute approximate surface area is 102 Å². The Hall–Kier alpha value is -1.77. The molecule has 106 valence electrons. The molecule has 9 heteroatoms. The van der Waals surface area contributed by atoms with Gasteiger partial charge in [-0.3, -0.25) is 4.79 Å². The summed E-state index contributed by atoms with van der Waals surface area (Å²) in [6, 6.07) is 3.88. The average Bonchev–Trinajstić information content (AvgIpc) is 2.27. The Morgan fingerprint density at radius 3 is 2.00 bits per heavy atom. The van der Waals surface area contributed by atoms with Crippen LogP contribution in [0.3, 0.4) is 0 Å². The number of halogens is 6. The van der Waals surface area contributed by atoms with Gasteiger partial charge in [-0.1, -0.05) is 0 Å². The molecule has 1 atom stereocenters. The first-order valence-corrected chi connectivity index (χ1v) is 4.65. The number of benzene rings is 1. The molecule has 0 aliphatic rings. The van der Waals surface area contributed by atoms with Crippen LogP contribution in [0.5, 0.6) is 5.75 Å². The van der Waals surface area contributed by atoms with Crippen LogP contribution in [0.15, 0.2) is 24.3 Å². The number of aldehydes is 1. The maximum atomic E-state index is 12.9. The molecule has 19 heavy (non-hydrogen) atoms. The summed E-state index contributed by atoms with van der Waals surface area (Å²) in [4.78, 5) is 10.3. The van der Waals surface area contributed by atoms with Crippen LogP contribution in [-0.2, 0) is 4.74 Å². The lowest BCUT2D eigenvalue weighted by Gasteiger charge is -2.22. The number of hydrogen-bond acceptors (Lipinski definition) is 3. The van der Waals surface area contributed by atoms with Crippen LogP contribution in [0.2, 0.25) is 0 Å². The van der Waals surface area contributed by atoms with Crippen molar-refractivity contribution in [2.75, 3.05) is 0 Å². The summed E-state index contributed by atoms with van der Waals surface area (Å²) in [5.41, 5.74) is 0.124. The molecule has 0 N–H and O–H groups in total. The molecule has 0 heterocycles. The van der Waals surface area contributed by atoms with Gasteiger partial charge in [0.15, 0.2) is 0 Å². The molecular formula is C10H6F6O3. The minimum absolute atomic E-state index is 0.124. The van der Waals surface area contributed by atoms with Crippen molar-refractivity contribution in [2.45, 2.75) is 18.8 Å². The summed E-state index contributed by atoms with van der Waals surface area (Å²) in [5.74, 6) is -0.621. The molecule has 0 aliphatic carbocycles. The summed E-state index contributed by atoms with van der Waals surface area (Å²) in [7, 11) is 0. The first-order chi connectivity index (χ1) is 8.64. The molecule has 1 rings (SSSR count). The van der Waals surface area contributed by atoms with Crippen molar-refractivity contribution in [3.63, 3.8) is 0 Å². The highest BCUT2D eigenvalue weighted by Crippen LogP contribution is 2.31. The quantitative estimate of drug-likeness (QED) is 0.616. The second kappa shape index (κ2) is 5.47. The molecule has 0 saturated carbocycles. The van der Waals surface area contributed by atoms with Gasteiger partial charge in [-0.15, -0.1) is 13.2 Å². The van der Waals surface area contributed by atoms with Crippen molar-refractivity contribution >= 4 is 6.29 Å². The largest absolute Gasteiger partial charge is 0.525 e. The molecular weight excluding hydrogens is 282 g/mol. The lowest BCUT2D eigenvalue weighted by molar-refractivity contribution is -0.411. The molecule has 3 nitrogen and oxygen atoms in total. The molecule has 1 aromatic rings. The van der Waals surface area contributed by atoms with Gasteiger partial charge in [-0.25, -0.2) is 9.13 Å². The van der Waals surface area contributed by atoms with E-state index in [9.17, 15) is 31.1 Å². The van der Waals surface area contributed by atoms with Crippen molar-refractivity contribution < 1.29 is 40.6 Å². The molecule has 0 saturated heterocycles. The van der Waals surface area contributed by atoms with E-state index >= 15 is 0 Å². The van der Waals surface area contributed by atoms with Crippen LogP contribution < -0.4 is 4.74 Å². The molecule has 0 radical (unpaired) electrons. The van der Waals surface area contributed by atoms with Crippen molar-refractivity contribution in [1.29, 1.82) is 0 Å². The SMILES string of the molecule is O=Cc1ccc(OC(F)(F)[C@@H](F)OC(F)(F)F)cc1. The summed E-state index contributed by atoms with van der Waals surface area (Å²) < 4.78 is 79.5. The Morgan fingerprint density at radius 1 is 1.05 bits per heavy atom. The van der Waals surface area contributed by atoms with Crippen molar-refractivity contribution in [1.82, 2.24) is 0 Å². The van der Waals surface area contributed by atoms with Gasteiger partial charge in [0, 0.05) is 5.56 Å². The molecule has 0 aliphatic heterocycles. The fraction of sp³-hybridized carbons (Fsp3) is 0.300. The Morgan fingerprint density at radius 2 is 1.58 bits per heavy atom. The number of carbonyl (C=O) groups is 1. The highest BCUT2D eigenvalue weighted by Gasteiger charge is 2.50. The third-order valence-electron chi connectivity index (χ3n) is 1.77. The third kappa shape index (κ3) is 4.78. The summed E-state index contributed by atoms with van der Waals surface area (Å²) in [6.07, 6.45) is -14.0. The Kier molecular flexibility index (Phi) is 4.40. The fourth-order valence-electron chi connectivity index (χ4n) is 1.00. The van der Waals surface area contributed by atoms with Crippen LogP contribution in [0.4, 0.5) is 26.3 Å². The first-order valence-electron chi connectivity index (χ1n) is 4.65. The number of rotatable bonds is 5. The maximum absolute atomic E-state index is 12.9. The predicted octanol–water partition coefficient (Wildman–Crippen LogP) is 3.30. The van der Waals surface area contributed by atoms with Crippen LogP contribution in [0.1, 0.15) is 10.4 Å². The number of hydrogen-bond donors (Lipinski definition) is 0. The third-order valence-corrected chi connectivity index (χ3v) is 1.77. The van der Waals surface area contributed by atoms with E-state index < -0.39 is 24.6 Å². The van der Waals surface area contributed by atoms with Crippen molar-refractivity contribution in [3.8, 4) is 5.75 Å². The van der Waals surface area contributed by atoms with Gasteiger partial charge in [0.2, 0.25) is 0 Å². The average molecular weight is 288 g/mol. The Bertz CT molecular complexity index is 428. The maximum Gasteiger partial charge on any atom is 0.525 e. The summed E-state index contributed by atoms with van der Waals surface area (Å²) in [5, 5.41) is 0. The number of ether oxygens (including phenoxy) is 2. The smallest absolute Gasteiger partial charge is 0.429 e. The van der Waals surface area contributed by atoms with E-state index in [1.807, 2.05) is 0 Å². The standard InChI is InChI=1S/C10H6F6O3/c11-8(19-10(14,15)16)9(12,13)18-7-3-1-6(5-17)2-4-7/h1-5,8H/t8-/m0/s1. The zero-order valence-corrected chi connectivity index (χ0v) is 8.96. The monoisotopic (exact) mass is 288 g/mol. The first kappa shape index (κ1) is 15.3. The van der Waals surface area contributed by atoms with Gasteiger partial charge in [0.05, 0.1) is 0 Å². The zero-order chi connectivity index (χ0) is 14.7. The summed E-state index contributed by atoms with van der Waals surface area (Å²) >= 11 is 0. The minimum Gasteiger partial charge on any atom is -0.429 e. The van der Waals surface area contributed by atoms with E-state index in [0.717, 1.165) is 24.3 Å².